The van der Waals surface area contributed by atoms with E-state index in [0.717, 1.165) is 35.3 Å². The van der Waals surface area contributed by atoms with Crippen molar-refractivity contribution >= 4 is 16.7 Å². The molecule has 1 saturated carbocycles. The molecule has 0 spiro atoms. The fraction of sp³-hybridized carbons (Fsp3) is 0.556. The maximum Gasteiger partial charge on any atom is 0.261 e. The molecular weight excluding hydrogens is 324 g/mol. The highest BCUT2D eigenvalue weighted by Gasteiger charge is 2.45. The van der Waals surface area contributed by atoms with Crippen LogP contribution < -0.4 is 0 Å². The molecule has 0 bridgehead atoms. The van der Waals surface area contributed by atoms with Gasteiger partial charge in [0.05, 0.1) is 30.0 Å². The molecule has 0 unspecified atom stereocenters. The van der Waals surface area contributed by atoms with Gasteiger partial charge in [-0.3, -0.25) is 9.30 Å². The molecule has 0 amide bonds. The minimum atomic E-state index is -2.52. The Bertz CT molecular complexity index is 930. The highest BCUT2D eigenvalue weighted by atomic mass is 19.3. The van der Waals surface area contributed by atoms with E-state index in [-0.39, 0.29) is 24.9 Å². The van der Waals surface area contributed by atoms with Crippen LogP contribution in [0.5, 0.6) is 0 Å². The summed E-state index contributed by atoms with van der Waals surface area (Å²) in [6.45, 7) is 2.63. The molecular formula is C18H21F2N5. The average Bonchev–Trinajstić information content (AvgIpc) is 3.30. The third-order valence-corrected chi connectivity index (χ3v) is 5.99. The normalized spacial score (nSPS) is 30.0. The zero-order valence-corrected chi connectivity index (χ0v) is 14.1. The second-order valence-corrected chi connectivity index (χ2v) is 7.63. The third kappa shape index (κ3) is 2.36. The summed E-state index contributed by atoms with van der Waals surface area (Å²) < 4.78 is 29.4. The Labute approximate surface area is 144 Å². The lowest BCUT2D eigenvalue weighted by Crippen LogP contribution is -2.33. The lowest BCUT2D eigenvalue weighted by molar-refractivity contribution is 0.00768. The van der Waals surface area contributed by atoms with E-state index in [4.69, 9.17) is 0 Å². The number of likely N-dealkylation sites (tertiary alicyclic amines) is 1. The molecule has 0 radical (unpaired) electrons. The summed E-state index contributed by atoms with van der Waals surface area (Å²) in [5, 5.41) is 0. The summed E-state index contributed by atoms with van der Waals surface area (Å²) in [4.78, 5) is 14.2. The van der Waals surface area contributed by atoms with E-state index < -0.39 is 5.92 Å². The standard InChI is InChI=1S/C18H21F2N5/c1-11-6-12(24-5-3-18(19,20)10-24)7-14(11)17-23-9-13-8-22-16-15(25(13)17)2-4-21-16/h2,4,8-9,11-12,14,21H,3,5-7,10H2,1H3/t11-,12+,14+/m1/s1. The SMILES string of the molecule is C[C@@H]1C[C@H](N2CCC(F)(F)C2)C[C@@H]1c1ncc2cnc3[nH]ccc3n12. The Balaban J connectivity index is 1.49. The van der Waals surface area contributed by atoms with Gasteiger partial charge < -0.3 is 4.98 Å². The van der Waals surface area contributed by atoms with E-state index in [9.17, 15) is 8.78 Å². The number of hydrogen-bond donors (Lipinski definition) is 1. The Hall–Kier alpha value is -2.02. The van der Waals surface area contributed by atoms with E-state index >= 15 is 0 Å². The van der Waals surface area contributed by atoms with Gasteiger partial charge in [-0.25, -0.2) is 18.7 Å². The van der Waals surface area contributed by atoms with E-state index in [1.165, 1.54) is 0 Å². The number of hydrogen-bond acceptors (Lipinski definition) is 3. The van der Waals surface area contributed by atoms with Gasteiger partial charge in [-0.1, -0.05) is 6.92 Å². The Kier molecular flexibility index (Phi) is 3.20. The van der Waals surface area contributed by atoms with E-state index in [2.05, 4.69) is 26.3 Å². The number of halogens is 2. The molecule has 1 aliphatic heterocycles. The van der Waals surface area contributed by atoms with Gasteiger partial charge in [0.2, 0.25) is 0 Å². The molecule has 3 atom stereocenters. The molecule has 7 heteroatoms. The predicted molar refractivity (Wildman–Crippen MR) is 90.9 cm³/mol. The smallest absolute Gasteiger partial charge is 0.261 e. The number of rotatable bonds is 2. The van der Waals surface area contributed by atoms with Gasteiger partial charge in [0.1, 0.15) is 5.82 Å². The highest BCUT2D eigenvalue weighted by molar-refractivity contribution is 5.75. The summed E-state index contributed by atoms with van der Waals surface area (Å²) in [6.07, 6.45) is 7.41. The lowest BCUT2D eigenvalue weighted by atomic mass is 9.97. The van der Waals surface area contributed by atoms with Crippen molar-refractivity contribution in [3.63, 3.8) is 0 Å². The minimum Gasteiger partial charge on any atom is -0.345 e. The predicted octanol–water partition coefficient (Wildman–Crippen LogP) is 3.43. The van der Waals surface area contributed by atoms with Gasteiger partial charge >= 0.3 is 0 Å². The second kappa shape index (κ2) is 5.24. The van der Waals surface area contributed by atoms with Crippen molar-refractivity contribution in [1.29, 1.82) is 0 Å². The summed E-state index contributed by atoms with van der Waals surface area (Å²) in [5.41, 5.74) is 2.84. The fourth-order valence-corrected chi connectivity index (χ4v) is 4.71. The van der Waals surface area contributed by atoms with Gasteiger partial charge in [0.25, 0.3) is 5.92 Å². The zero-order valence-electron chi connectivity index (χ0n) is 14.1. The van der Waals surface area contributed by atoms with E-state index in [0.29, 0.717) is 12.5 Å². The molecule has 1 aliphatic carbocycles. The maximum absolute atomic E-state index is 13.6. The van der Waals surface area contributed by atoms with Gasteiger partial charge in [-0.05, 0) is 24.8 Å². The van der Waals surface area contributed by atoms with Crippen molar-refractivity contribution in [3.8, 4) is 0 Å². The first-order valence-electron chi connectivity index (χ1n) is 8.93. The first-order chi connectivity index (χ1) is 12.0. The number of nitrogens with one attached hydrogen (secondary N) is 1. The number of alkyl halides is 2. The van der Waals surface area contributed by atoms with Crippen LogP contribution in [-0.4, -0.2) is 49.3 Å². The van der Waals surface area contributed by atoms with Crippen molar-refractivity contribution in [2.75, 3.05) is 13.1 Å². The molecule has 4 heterocycles. The molecule has 2 aliphatic rings. The van der Waals surface area contributed by atoms with Gasteiger partial charge in [0, 0.05) is 31.1 Å². The Morgan fingerprint density at radius 3 is 2.88 bits per heavy atom. The van der Waals surface area contributed by atoms with Gasteiger partial charge in [-0.15, -0.1) is 0 Å². The van der Waals surface area contributed by atoms with Crippen LogP contribution in [0.3, 0.4) is 0 Å². The number of nitrogens with zero attached hydrogens (tertiary/aromatic N) is 4. The molecule has 2 fully saturated rings. The van der Waals surface area contributed by atoms with Crippen LogP contribution in [0.1, 0.15) is 37.9 Å². The molecule has 3 aromatic heterocycles. The second-order valence-electron chi connectivity index (χ2n) is 7.63. The van der Waals surface area contributed by atoms with E-state index in [1.807, 2.05) is 29.6 Å². The summed E-state index contributed by atoms with van der Waals surface area (Å²) in [6, 6.07) is 2.24. The summed E-state index contributed by atoms with van der Waals surface area (Å²) in [7, 11) is 0. The van der Waals surface area contributed by atoms with Crippen molar-refractivity contribution in [3.05, 3.63) is 30.5 Å². The molecule has 1 N–H and O–H groups in total. The average molecular weight is 345 g/mol. The van der Waals surface area contributed by atoms with Crippen molar-refractivity contribution < 1.29 is 8.78 Å². The number of aromatic nitrogens is 4. The Morgan fingerprint density at radius 2 is 2.08 bits per heavy atom. The van der Waals surface area contributed by atoms with Crippen molar-refractivity contribution in [2.24, 2.45) is 5.92 Å². The number of fused-ring (bicyclic) bond motifs is 3. The number of aromatic amines is 1. The first-order valence-corrected chi connectivity index (χ1v) is 8.93. The molecule has 25 heavy (non-hydrogen) atoms. The highest BCUT2D eigenvalue weighted by Crippen LogP contribution is 2.43. The largest absolute Gasteiger partial charge is 0.345 e. The number of imidazole rings is 1. The van der Waals surface area contributed by atoms with Crippen LogP contribution in [-0.2, 0) is 0 Å². The van der Waals surface area contributed by atoms with Crippen LogP contribution in [0.15, 0.2) is 24.7 Å². The van der Waals surface area contributed by atoms with Crippen LogP contribution in [0, 0.1) is 5.92 Å². The van der Waals surface area contributed by atoms with Crippen LogP contribution in [0.2, 0.25) is 0 Å². The van der Waals surface area contributed by atoms with E-state index in [1.54, 1.807) is 0 Å². The molecule has 1 saturated heterocycles. The number of H-pyrrole nitrogens is 1. The zero-order chi connectivity index (χ0) is 17.2. The van der Waals surface area contributed by atoms with Crippen LogP contribution in [0.25, 0.3) is 16.7 Å². The first kappa shape index (κ1) is 15.3. The summed E-state index contributed by atoms with van der Waals surface area (Å²) >= 11 is 0. The topological polar surface area (TPSA) is 49.2 Å². The third-order valence-electron chi connectivity index (χ3n) is 5.99. The van der Waals surface area contributed by atoms with Crippen LogP contribution >= 0.6 is 0 Å². The molecule has 132 valence electrons. The molecule has 3 aromatic rings. The van der Waals surface area contributed by atoms with Crippen molar-refractivity contribution in [1.82, 2.24) is 24.3 Å². The maximum atomic E-state index is 13.6. The fourth-order valence-electron chi connectivity index (χ4n) is 4.71. The molecule has 5 rings (SSSR count). The monoisotopic (exact) mass is 345 g/mol. The van der Waals surface area contributed by atoms with Crippen molar-refractivity contribution in [2.45, 2.75) is 44.1 Å². The Morgan fingerprint density at radius 1 is 1.24 bits per heavy atom. The minimum absolute atomic E-state index is 0.00943. The molecule has 0 aromatic carbocycles. The lowest BCUT2D eigenvalue weighted by Gasteiger charge is -2.23. The molecule has 5 nitrogen and oxygen atoms in total. The summed E-state index contributed by atoms with van der Waals surface area (Å²) in [5.74, 6) is -0.790. The van der Waals surface area contributed by atoms with Gasteiger partial charge in [0.15, 0.2) is 5.65 Å². The quantitative estimate of drug-likeness (QED) is 0.774. The van der Waals surface area contributed by atoms with Crippen LogP contribution in [0.4, 0.5) is 8.78 Å². The van der Waals surface area contributed by atoms with Gasteiger partial charge in [-0.2, -0.15) is 0 Å².